The summed E-state index contributed by atoms with van der Waals surface area (Å²) in [4.78, 5) is 11.1. The van der Waals surface area contributed by atoms with Crippen LogP contribution >= 0.6 is 0 Å². The van der Waals surface area contributed by atoms with Crippen LogP contribution in [0.1, 0.15) is 13.3 Å². The van der Waals surface area contributed by atoms with Crippen molar-refractivity contribution in [3.05, 3.63) is 12.2 Å². The summed E-state index contributed by atoms with van der Waals surface area (Å²) in [6.45, 7) is 4.33. The van der Waals surface area contributed by atoms with Gasteiger partial charge >= 0.3 is 0 Å². The molecule has 0 saturated carbocycles. The number of carbonyl (C=O) groups is 1. The Bertz CT molecular complexity index is 170. The molecule has 0 fully saturated rings. The summed E-state index contributed by atoms with van der Waals surface area (Å²) in [6, 6.07) is 0. The van der Waals surface area contributed by atoms with Gasteiger partial charge in [0, 0.05) is 13.7 Å². The fraction of sp³-hybridized carbons (Fsp3) is 0.700. The SMILES string of the molecule is C/C=C/CCNCC(=O)NCCOC. The van der Waals surface area contributed by atoms with Crippen LogP contribution in [0.2, 0.25) is 0 Å². The van der Waals surface area contributed by atoms with Crippen molar-refractivity contribution in [1.29, 1.82) is 0 Å². The van der Waals surface area contributed by atoms with Crippen molar-refractivity contribution in [2.45, 2.75) is 13.3 Å². The Morgan fingerprint density at radius 3 is 2.86 bits per heavy atom. The van der Waals surface area contributed by atoms with E-state index in [0.29, 0.717) is 19.7 Å². The monoisotopic (exact) mass is 200 g/mol. The fourth-order valence-electron chi connectivity index (χ4n) is 0.909. The Morgan fingerprint density at radius 1 is 1.43 bits per heavy atom. The van der Waals surface area contributed by atoms with E-state index in [-0.39, 0.29) is 5.91 Å². The third kappa shape index (κ3) is 9.22. The van der Waals surface area contributed by atoms with Gasteiger partial charge in [0.25, 0.3) is 0 Å². The molecule has 14 heavy (non-hydrogen) atoms. The molecule has 0 aliphatic heterocycles. The van der Waals surface area contributed by atoms with Gasteiger partial charge in [-0.1, -0.05) is 12.2 Å². The quantitative estimate of drug-likeness (QED) is 0.438. The van der Waals surface area contributed by atoms with E-state index in [4.69, 9.17) is 4.74 Å². The predicted octanol–water partition coefficient (Wildman–Crippen LogP) is 0.305. The Morgan fingerprint density at radius 2 is 2.21 bits per heavy atom. The Balaban J connectivity index is 3.18. The van der Waals surface area contributed by atoms with Gasteiger partial charge in [-0.05, 0) is 19.9 Å². The molecule has 4 nitrogen and oxygen atoms in total. The van der Waals surface area contributed by atoms with Crippen LogP contribution in [-0.4, -0.2) is 39.3 Å². The lowest BCUT2D eigenvalue weighted by molar-refractivity contribution is -0.120. The molecule has 0 rings (SSSR count). The third-order valence-corrected chi connectivity index (χ3v) is 1.64. The number of methoxy groups -OCH3 is 1. The van der Waals surface area contributed by atoms with Crippen molar-refractivity contribution >= 4 is 5.91 Å². The number of allylic oxidation sites excluding steroid dienone is 1. The van der Waals surface area contributed by atoms with Gasteiger partial charge in [0.05, 0.1) is 13.2 Å². The van der Waals surface area contributed by atoms with Crippen molar-refractivity contribution in [3.63, 3.8) is 0 Å². The molecule has 0 unspecified atom stereocenters. The minimum Gasteiger partial charge on any atom is -0.383 e. The third-order valence-electron chi connectivity index (χ3n) is 1.64. The van der Waals surface area contributed by atoms with Gasteiger partial charge in [0.2, 0.25) is 5.91 Å². The molecule has 1 amide bonds. The summed E-state index contributed by atoms with van der Waals surface area (Å²) in [5.74, 6) is 0.0162. The molecule has 0 spiro atoms. The number of ether oxygens (including phenoxy) is 1. The van der Waals surface area contributed by atoms with Crippen LogP contribution in [0.3, 0.4) is 0 Å². The van der Waals surface area contributed by atoms with Gasteiger partial charge < -0.3 is 15.4 Å². The summed E-state index contributed by atoms with van der Waals surface area (Å²) in [7, 11) is 1.61. The van der Waals surface area contributed by atoms with Gasteiger partial charge in [-0.25, -0.2) is 0 Å². The molecule has 0 aromatic rings. The highest BCUT2D eigenvalue weighted by Gasteiger charge is 1.97. The summed E-state index contributed by atoms with van der Waals surface area (Å²) >= 11 is 0. The molecule has 0 aromatic carbocycles. The Kier molecular flexibility index (Phi) is 9.58. The standard InChI is InChI=1S/C10H20N2O2/c1-3-4-5-6-11-9-10(13)12-7-8-14-2/h3-4,11H,5-9H2,1-2H3,(H,12,13)/b4-3+. The van der Waals surface area contributed by atoms with E-state index >= 15 is 0 Å². The van der Waals surface area contributed by atoms with E-state index in [2.05, 4.69) is 16.7 Å². The van der Waals surface area contributed by atoms with Crippen LogP contribution in [0, 0.1) is 0 Å². The zero-order chi connectivity index (χ0) is 10.6. The van der Waals surface area contributed by atoms with Crippen molar-refractivity contribution in [1.82, 2.24) is 10.6 Å². The van der Waals surface area contributed by atoms with Crippen LogP contribution < -0.4 is 10.6 Å². The van der Waals surface area contributed by atoms with Crippen LogP contribution in [-0.2, 0) is 9.53 Å². The van der Waals surface area contributed by atoms with E-state index in [1.165, 1.54) is 0 Å². The molecule has 0 saturated heterocycles. The first-order chi connectivity index (χ1) is 6.81. The molecule has 2 N–H and O–H groups in total. The van der Waals surface area contributed by atoms with Crippen molar-refractivity contribution in [2.75, 3.05) is 33.4 Å². The maximum atomic E-state index is 11.1. The predicted molar refractivity (Wildman–Crippen MR) is 57.2 cm³/mol. The highest BCUT2D eigenvalue weighted by molar-refractivity contribution is 5.77. The van der Waals surface area contributed by atoms with Gasteiger partial charge in [-0.2, -0.15) is 0 Å². The maximum Gasteiger partial charge on any atom is 0.234 e. The van der Waals surface area contributed by atoms with Crippen LogP contribution in [0.25, 0.3) is 0 Å². The molecule has 0 radical (unpaired) electrons. The normalized spacial score (nSPS) is 10.7. The van der Waals surface area contributed by atoms with E-state index in [9.17, 15) is 4.79 Å². The van der Waals surface area contributed by atoms with Gasteiger partial charge in [-0.15, -0.1) is 0 Å². The number of carbonyl (C=O) groups excluding carboxylic acids is 1. The van der Waals surface area contributed by atoms with E-state index in [0.717, 1.165) is 13.0 Å². The zero-order valence-electron chi connectivity index (χ0n) is 9.01. The minimum absolute atomic E-state index is 0.0162. The molecular formula is C10H20N2O2. The fourth-order valence-corrected chi connectivity index (χ4v) is 0.909. The van der Waals surface area contributed by atoms with Gasteiger partial charge in [0.15, 0.2) is 0 Å². The molecule has 0 aliphatic carbocycles. The number of amides is 1. The molecule has 0 heterocycles. The molecule has 4 heteroatoms. The summed E-state index contributed by atoms with van der Waals surface area (Å²) in [6.07, 6.45) is 5.03. The number of nitrogens with one attached hydrogen (secondary N) is 2. The Labute approximate surface area is 85.7 Å². The average molecular weight is 200 g/mol. The Hall–Kier alpha value is -0.870. The van der Waals surface area contributed by atoms with Crippen LogP contribution in [0.15, 0.2) is 12.2 Å². The lowest BCUT2D eigenvalue weighted by Crippen LogP contribution is -2.35. The zero-order valence-corrected chi connectivity index (χ0v) is 9.01. The lowest BCUT2D eigenvalue weighted by Gasteiger charge is -2.04. The largest absolute Gasteiger partial charge is 0.383 e. The number of hydrogen-bond acceptors (Lipinski definition) is 3. The van der Waals surface area contributed by atoms with Crippen molar-refractivity contribution in [2.24, 2.45) is 0 Å². The van der Waals surface area contributed by atoms with E-state index in [1.807, 2.05) is 13.0 Å². The molecular weight excluding hydrogens is 180 g/mol. The maximum absolute atomic E-state index is 11.1. The van der Waals surface area contributed by atoms with Gasteiger partial charge in [0.1, 0.15) is 0 Å². The summed E-state index contributed by atoms with van der Waals surface area (Å²) in [5, 5.41) is 5.77. The highest BCUT2D eigenvalue weighted by Crippen LogP contribution is 1.78. The summed E-state index contributed by atoms with van der Waals surface area (Å²) < 4.78 is 4.81. The molecule has 82 valence electrons. The smallest absolute Gasteiger partial charge is 0.234 e. The van der Waals surface area contributed by atoms with Crippen LogP contribution in [0.4, 0.5) is 0 Å². The molecule has 0 atom stereocenters. The van der Waals surface area contributed by atoms with Gasteiger partial charge in [-0.3, -0.25) is 4.79 Å². The number of hydrogen-bond donors (Lipinski definition) is 2. The first-order valence-corrected chi connectivity index (χ1v) is 4.88. The van der Waals surface area contributed by atoms with Crippen LogP contribution in [0.5, 0.6) is 0 Å². The minimum atomic E-state index is 0.0162. The first kappa shape index (κ1) is 13.1. The molecule has 0 bridgehead atoms. The lowest BCUT2D eigenvalue weighted by atomic mass is 10.4. The first-order valence-electron chi connectivity index (χ1n) is 4.88. The summed E-state index contributed by atoms with van der Waals surface area (Å²) in [5.41, 5.74) is 0. The second kappa shape index (κ2) is 10.2. The van der Waals surface area contributed by atoms with E-state index in [1.54, 1.807) is 7.11 Å². The molecule has 0 aromatic heterocycles. The number of rotatable bonds is 8. The second-order valence-electron chi connectivity index (χ2n) is 2.88. The van der Waals surface area contributed by atoms with Crippen molar-refractivity contribution in [3.8, 4) is 0 Å². The van der Waals surface area contributed by atoms with E-state index < -0.39 is 0 Å². The highest BCUT2D eigenvalue weighted by atomic mass is 16.5. The van der Waals surface area contributed by atoms with Crippen molar-refractivity contribution < 1.29 is 9.53 Å². The average Bonchev–Trinajstić information content (AvgIpc) is 2.18. The topological polar surface area (TPSA) is 50.4 Å². The second-order valence-corrected chi connectivity index (χ2v) is 2.88. The molecule has 0 aliphatic rings.